The molecule has 0 spiro atoms. The van der Waals surface area contributed by atoms with E-state index in [9.17, 15) is 0 Å². The molecule has 0 N–H and O–H groups in total. The van der Waals surface area contributed by atoms with Crippen LogP contribution in [0.2, 0.25) is 0 Å². The van der Waals surface area contributed by atoms with Crippen LogP contribution in [0.15, 0.2) is 48.5 Å². The van der Waals surface area contributed by atoms with E-state index in [1.165, 1.54) is 112 Å². The Morgan fingerprint density at radius 2 is 0.786 bits per heavy atom. The van der Waals surface area contributed by atoms with Gasteiger partial charge in [0, 0.05) is 0 Å². The molecule has 0 heteroatoms. The average molecular weight is 379 g/mol. The summed E-state index contributed by atoms with van der Waals surface area (Å²) in [5, 5.41) is 0. The van der Waals surface area contributed by atoms with E-state index < -0.39 is 0 Å². The lowest BCUT2D eigenvalue weighted by molar-refractivity contribution is 0.607. The van der Waals surface area contributed by atoms with Crippen LogP contribution in [0.25, 0.3) is 11.1 Å². The van der Waals surface area contributed by atoms with Crippen molar-refractivity contribution in [3.63, 3.8) is 0 Å². The van der Waals surface area contributed by atoms with Gasteiger partial charge in [-0.05, 0) is 47.9 Å². The summed E-state index contributed by atoms with van der Waals surface area (Å²) in [5.74, 6) is 0. The van der Waals surface area contributed by atoms with Gasteiger partial charge in [0.05, 0.1) is 0 Å². The highest BCUT2D eigenvalue weighted by atomic mass is 14.1. The van der Waals surface area contributed by atoms with E-state index >= 15 is 0 Å². The maximum Gasteiger partial charge on any atom is -0.0149 e. The molecule has 0 fully saturated rings. The van der Waals surface area contributed by atoms with E-state index in [1.54, 1.807) is 0 Å². The minimum Gasteiger partial charge on any atom is -0.0654 e. The highest BCUT2D eigenvalue weighted by molar-refractivity contribution is 5.70. The van der Waals surface area contributed by atoms with Crippen molar-refractivity contribution < 1.29 is 0 Å². The standard InChI is InChI=1S/C28H42/c1-3-5-7-9-11-13-19-25-21-15-17-23-27(25)28-24-18-16-22-26(28)20-14-12-10-8-6-4-2/h15-18,21-24H,3-14,19-20H2,1-2H3. The van der Waals surface area contributed by atoms with E-state index in [0.717, 1.165) is 0 Å². The molecule has 0 nitrogen and oxygen atoms in total. The molecule has 2 aromatic carbocycles. The van der Waals surface area contributed by atoms with Gasteiger partial charge in [-0.2, -0.15) is 0 Å². The molecule has 0 heterocycles. The topological polar surface area (TPSA) is 0 Å². The minimum absolute atomic E-state index is 1.22. The zero-order valence-electron chi connectivity index (χ0n) is 18.5. The second kappa shape index (κ2) is 14.4. The summed E-state index contributed by atoms with van der Waals surface area (Å²) in [7, 11) is 0. The Balaban J connectivity index is 1.95. The van der Waals surface area contributed by atoms with Gasteiger partial charge in [-0.3, -0.25) is 0 Å². The molecule has 0 aliphatic rings. The number of benzene rings is 2. The summed E-state index contributed by atoms with van der Waals surface area (Å²) in [6.07, 6.45) is 18.8. The van der Waals surface area contributed by atoms with Gasteiger partial charge in [0.2, 0.25) is 0 Å². The Labute approximate surface area is 174 Å². The van der Waals surface area contributed by atoms with E-state index in [0.29, 0.717) is 0 Å². The molecule has 0 saturated heterocycles. The van der Waals surface area contributed by atoms with Crippen molar-refractivity contribution in [2.24, 2.45) is 0 Å². The van der Waals surface area contributed by atoms with Crippen molar-refractivity contribution in [2.75, 3.05) is 0 Å². The van der Waals surface area contributed by atoms with Gasteiger partial charge in [-0.1, -0.05) is 127 Å². The first-order chi connectivity index (χ1) is 13.9. The smallest absolute Gasteiger partial charge is 0.0149 e. The van der Waals surface area contributed by atoms with Crippen LogP contribution in [0.1, 0.15) is 102 Å². The van der Waals surface area contributed by atoms with Crippen LogP contribution in [-0.4, -0.2) is 0 Å². The molecule has 0 aromatic heterocycles. The summed E-state index contributed by atoms with van der Waals surface area (Å²) in [4.78, 5) is 0. The van der Waals surface area contributed by atoms with Crippen LogP contribution in [0.4, 0.5) is 0 Å². The normalized spacial score (nSPS) is 11.1. The lowest BCUT2D eigenvalue weighted by Gasteiger charge is -2.14. The van der Waals surface area contributed by atoms with E-state index in [2.05, 4.69) is 62.4 Å². The minimum atomic E-state index is 1.22. The first-order valence-corrected chi connectivity index (χ1v) is 12.0. The van der Waals surface area contributed by atoms with Crippen LogP contribution < -0.4 is 0 Å². The third kappa shape index (κ3) is 8.21. The lowest BCUT2D eigenvalue weighted by atomic mass is 9.91. The Bertz CT molecular complexity index is 582. The fourth-order valence-corrected chi connectivity index (χ4v) is 4.19. The molecule has 0 aliphatic heterocycles. The lowest BCUT2D eigenvalue weighted by Crippen LogP contribution is -1.95. The molecule has 0 unspecified atom stereocenters. The molecule has 0 aliphatic carbocycles. The van der Waals surface area contributed by atoms with E-state index in [4.69, 9.17) is 0 Å². The Kier molecular flexibility index (Phi) is 11.7. The monoisotopic (exact) mass is 378 g/mol. The van der Waals surface area contributed by atoms with Gasteiger partial charge in [-0.15, -0.1) is 0 Å². The van der Waals surface area contributed by atoms with Gasteiger partial charge in [0.15, 0.2) is 0 Å². The maximum atomic E-state index is 2.35. The number of hydrogen-bond acceptors (Lipinski definition) is 0. The van der Waals surface area contributed by atoms with Crippen molar-refractivity contribution in [1.82, 2.24) is 0 Å². The molecular formula is C28H42. The zero-order chi connectivity index (χ0) is 19.9. The van der Waals surface area contributed by atoms with Crippen molar-refractivity contribution in [3.05, 3.63) is 59.7 Å². The molecule has 0 atom stereocenters. The van der Waals surface area contributed by atoms with Crippen LogP contribution in [0, 0.1) is 0 Å². The molecule has 28 heavy (non-hydrogen) atoms. The molecule has 2 rings (SSSR count). The number of aryl methyl sites for hydroxylation is 2. The van der Waals surface area contributed by atoms with Crippen molar-refractivity contribution in [3.8, 4) is 11.1 Å². The average Bonchev–Trinajstić information content (AvgIpc) is 2.74. The van der Waals surface area contributed by atoms with Crippen LogP contribution in [-0.2, 0) is 12.8 Å². The summed E-state index contributed by atoms with van der Waals surface area (Å²) >= 11 is 0. The first-order valence-electron chi connectivity index (χ1n) is 12.0. The number of hydrogen-bond donors (Lipinski definition) is 0. The summed E-state index contributed by atoms with van der Waals surface area (Å²) < 4.78 is 0. The highest BCUT2D eigenvalue weighted by Crippen LogP contribution is 2.29. The molecule has 154 valence electrons. The molecule has 0 bridgehead atoms. The van der Waals surface area contributed by atoms with Gasteiger partial charge in [0.1, 0.15) is 0 Å². The molecule has 2 aromatic rings. The Morgan fingerprint density at radius 1 is 0.429 bits per heavy atom. The summed E-state index contributed by atoms with van der Waals surface area (Å²) in [6.45, 7) is 4.58. The van der Waals surface area contributed by atoms with E-state index in [1.807, 2.05) is 0 Å². The molecule has 0 amide bonds. The van der Waals surface area contributed by atoms with Crippen LogP contribution >= 0.6 is 0 Å². The van der Waals surface area contributed by atoms with Crippen molar-refractivity contribution in [1.29, 1.82) is 0 Å². The molecular weight excluding hydrogens is 336 g/mol. The second-order valence-electron chi connectivity index (χ2n) is 8.35. The fraction of sp³-hybridized carbons (Fsp3) is 0.571. The quantitative estimate of drug-likeness (QED) is 0.271. The van der Waals surface area contributed by atoms with Crippen molar-refractivity contribution in [2.45, 2.75) is 104 Å². The predicted molar refractivity (Wildman–Crippen MR) is 126 cm³/mol. The summed E-state index contributed by atoms with van der Waals surface area (Å²) in [6, 6.07) is 18.2. The Morgan fingerprint density at radius 3 is 1.21 bits per heavy atom. The zero-order valence-corrected chi connectivity index (χ0v) is 18.5. The molecule has 0 saturated carbocycles. The van der Waals surface area contributed by atoms with Gasteiger partial charge >= 0.3 is 0 Å². The van der Waals surface area contributed by atoms with Gasteiger partial charge < -0.3 is 0 Å². The van der Waals surface area contributed by atoms with Gasteiger partial charge in [-0.25, -0.2) is 0 Å². The first kappa shape index (κ1) is 22.7. The van der Waals surface area contributed by atoms with Crippen LogP contribution in [0.5, 0.6) is 0 Å². The summed E-state index contributed by atoms with van der Waals surface area (Å²) in [5.41, 5.74) is 6.01. The third-order valence-corrected chi connectivity index (χ3v) is 5.92. The Hall–Kier alpha value is -1.56. The van der Waals surface area contributed by atoms with E-state index in [-0.39, 0.29) is 0 Å². The highest BCUT2D eigenvalue weighted by Gasteiger charge is 2.09. The predicted octanol–water partition coefficient (Wildman–Crippen LogP) is 9.16. The second-order valence-corrected chi connectivity index (χ2v) is 8.35. The SMILES string of the molecule is CCCCCCCCc1ccccc1-c1ccccc1CCCCCCCC. The van der Waals surface area contributed by atoms with Crippen LogP contribution in [0.3, 0.4) is 0 Å². The number of unbranched alkanes of at least 4 members (excludes halogenated alkanes) is 10. The largest absolute Gasteiger partial charge is 0.0654 e. The van der Waals surface area contributed by atoms with Crippen molar-refractivity contribution >= 4 is 0 Å². The third-order valence-electron chi connectivity index (χ3n) is 5.92. The maximum absolute atomic E-state index is 2.35. The fourth-order valence-electron chi connectivity index (χ4n) is 4.19. The molecule has 0 radical (unpaired) electrons. The van der Waals surface area contributed by atoms with Gasteiger partial charge in [0.25, 0.3) is 0 Å². The number of rotatable bonds is 15.